The van der Waals surface area contributed by atoms with Crippen LogP contribution in [-0.2, 0) is 14.3 Å². The second-order valence-electron chi connectivity index (χ2n) is 5.82. The van der Waals surface area contributed by atoms with Gasteiger partial charge in [0.1, 0.15) is 12.3 Å². The monoisotopic (exact) mass is 371 g/mol. The summed E-state index contributed by atoms with van der Waals surface area (Å²) >= 11 is 0. The van der Waals surface area contributed by atoms with E-state index in [1.165, 1.54) is 13.3 Å². The zero-order valence-corrected chi connectivity index (χ0v) is 15.0. The Morgan fingerprint density at radius 1 is 1.26 bits per heavy atom. The lowest BCUT2D eigenvalue weighted by atomic mass is 10.2. The molecule has 142 valence electrons. The van der Waals surface area contributed by atoms with E-state index in [-0.39, 0.29) is 6.61 Å². The van der Waals surface area contributed by atoms with Crippen molar-refractivity contribution in [3.8, 4) is 5.88 Å². The molecule has 1 atom stereocenters. The second kappa shape index (κ2) is 9.63. The van der Waals surface area contributed by atoms with Gasteiger partial charge in [-0.05, 0) is 31.0 Å². The van der Waals surface area contributed by atoms with Crippen molar-refractivity contribution in [1.82, 2.24) is 9.97 Å². The van der Waals surface area contributed by atoms with Crippen molar-refractivity contribution in [3.63, 3.8) is 0 Å². The zero-order valence-electron chi connectivity index (χ0n) is 15.0. The van der Waals surface area contributed by atoms with Gasteiger partial charge < -0.3 is 19.0 Å². The van der Waals surface area contributed by atoms with Crippen LogP contribution in [0.4, 0.5) is 0 Å². The molecule has 0 bridgehead atoms. The molecule has 1 unspecified atom stereocenters. The fourth-order valence-electron chi connectivity index (χ4n) is 2.47. The zero-order chi connectivity index (χ0) is 18.9. The predicted octanol–water partition coefficient (Wildman–Crippen LogP) is 2.59. The number of rotatable bonds is 7. The highest BCUT2D eigenvalue weighted by Gasteiger charge is 2.17. The first-order valence-corrected chi connectivity index (χ1v) is 8.69. The van der Waals surface area contributed by atoms with Gasteiger partial charge in [-0.2, -0.15) is 0 Å². The first kappa shape index (κ1) is 18.8. The summed E-state index contributed by atoms with van der Waals surface area (Å²) < 4.78 is 16.0. The van der Waals surface area contributed by atoms with Gasteiger partial charge in [0.15, 0.2) is 0 Å². The molecular weight excluding hydrogens is 350 g/mol. The van der Waals surface area contributed by atoms with Crippen LogP contribution >= 0.6 is 0 Å². The number of methoxy groups -OCH3 is 1. The summed E-state index contributed by atoms with van der Waals surface area (Å²) in [5.41, 5.74) is 1.23. The van der Waals surface area contributed by atoms with Crippen LogP contribution in [-0.4, -0.2) is 48.3 Å². The van der Waals surface area contributed by atoms with Crippen molar-refractivity contribution in [1.29, 1.82) is 0 Å². The molecule has 0 aromatic carbocycles. The number of ether oxygens (including phenoxy) is 3. The fraction of sp³-hybridized carbons (Fsp3) is 0.368. The van der Waals surface area contributed by atoms with Crippen LogP contribution in [0, 0.1) is 0 Å². The van der Waals surface area contributed by atoms with E-state index in [0.29, 0.717) is 29.5 Å². The van der Waals surface area contributed by atoms with E-state index in [1.54, 1.807) is 30.5 Å². The van der Waals surface area contributed by atoms with Crippen molar-refractivity contribution < 1.29 is 23.8 Å². The first-order valence-electron chi connectivity index (χ1n) is 8.69. The van der Waals surface area contributed by atoms with Gasteiger partial charge in [-0.25, -0.2) is 9.78 Å². The smallest absolute Gasteiger partial charge is 0.337 e. The molecule has 3 rings (SSSR count). The van der Waals surface area contributed by atoms with Crippen LogP contribution < -0.4 is 4.74 Å². The quantitative estimate of drug-likeness (QED) is 0.420. The van der Waals surface area contributed by atoms with Gasteiger partial charge in [0.2, 0.25) is 12.2 Å². The highest BCUT2D eigenvalue weighted by atomic mass is 16.8. The Morgan fingerprint density at radius 2 is 2.19 bits per heavy atom. The number of aromatic nitrogens is 2. The molecule has 3 heterocycles. The van der Waals surface area contributed by atoms with Crippen LogP contribution in [0.25, 0.3) is 0 Å². The number of hydrogen-bond donors (Lipinski definition) is 0. The number of esters is 1. The molecule has 2 aromatic heterocycles. The molecule has 8 nitrogen and oxygen atoms in total. The Balaban J connectivity index is 1.78. The lowest BCUT2D eigenvalue weighted by Crippen LogP contribution is -2.23. The summed E-state index contributed by atoms with van der Waals surface area (Å²) in [5.74, 6) is -0.0107. The fourth-order valence-corrected chi connectivity index (χ4v) is 2.47. The summed E-state index contributed by atoms with van der Waals surface area (Å²) in [4.78, 5) is 25.7. The number of hydrogen-bond acceptors (Lipinski definition) is 8. The van der Waals surface area contributed by atoms with E-state index in [1.807, 2.05) is 6.07 Å². The Kier molecular flexibility index (Phi) is 6.70. The van der Waals surface area contributed by atoms with E-state index in [2.05, 4.69) is 15.1 Å². The largest absolute Gasteiger partial charge is 0.471 e. The molecule has 0 aliphatic carbocycles. The molecule has 8 heteroatoms. The summed E-state index contributed by atoms with van der Waals surface area (Å²) in [5, 5.41) is 4.18. The Labute approximate surface area is 157 Å². The van der Waals surface area contributed by atoms with Gasteiger partial charge >= 0.3 is 5.97 Å². The molecule has 1 saturated heterocycles. The molecule has 27 heavy (non-hydrogen) atoms. The maximum atomic E-state index is 11.8. The number of carbonyl (C=O) groups excluding carboxylic acids is 1. The predicted molar refractivity (Wildman–Crippen MR) is 96.5 cm³/mol. The topological polar surface area (TPSA) is 92.1 Å². The highest BCUT2D eigenvalue weighted by Crippen LogP contribution is 2.15. The minimum Gasteiger partial charge on any atom is -0.471 e. The van der Waals surface area contributed by atoms with Crippen LogP contribution in [0.5, 0.6) is 5.88 Å². The van der Waals surface area contributed by atoms with Crippen LogP contribution in [0.15, 0.2) is 47.9 Å². The Hall–Kier alpha value is -3.00. The third-order valence-corrected chi connectivity index (χ3v) is 3.89. The summed E-state index contributed by atoms with van der Waals surface area (Å²) in [6.07, 6.45) is 5.56. The third-order valence-electron chi connectivity index (χ3n) is 3.89. The molecule has 0 radical (unpaired) electrons. The highest BCUT2D eigenvalue weighted by molar-refractivity contribution is 6.01. The first-order chi connectivity index (χ1) is 13.3. The second-order valence-corrected chi connectivity index (χ2v) is 5.82. The summed E-state index contributed by atoms with van der Waals surface area (Å²) in [6.45, 7) is 0.720. The van der Waals surface area contributed by atoms with Gasteiger partial charge in [0.05, 0.1) is 25.0 Å². The van der Waals surface area contributed by atoms with Crippen molar-refractivity contribution >= 4 is 11.7 Å². The van der Waals surface area contributed by atoms with Crippen LogP contribution in [0.1, 0.15) is 35.3 Å². The van der Waals surface area contributed by atoms with Crippen LogP contribution in [0.3, 0.4) is 0 Å². The Bertz CT molecular complexity index is 776. The average molecular weight is 371 g/mol. The lowest BCUT2D eigenvalue weighted by Gasteiger charge is -2.20. The SMILES string of the molecule is COC(=O)c1ccnc(/C(COc2ccccn2)=N/OC2CCCCO2)c1. The van der Waals surface area contributed by atoms with E-state index >= 15 is 0 Å². The van der Waals surface area contributed by atoms with Gasteiger partial charge in [0, 0.05) is 24.9 Å². The number of nitrogens with zero attached hydrogens (tertiary/aromatic N) is 3. The number of pyridine rings is 2. The normalized spacial score (nSPS) is 17.2. The van der Waals surface area contributed by atoms with Crippen molar-refractivity contribution in [2.24, 2.45) is 5.16 Å². The molecule has 2 aromatic rings. The van der Waals surface area contributed by atoms with Gasteiger partial charge in [-0.3, -0.25) is 4.98 Å². The molecule has 1 aliphatic rings. The van der Waals surface area contributed by atoms with E-state index < -0.39 is 12.3 Å². The minimum atomic E-state index is -0.458. The standard InChI is InChI=1S/C19H21N3O5/c1-24-19(23)14-8-10-20-15(12-14)16(13-26-17-6-2-4-9-21-17)22-27-18-7-3-5-11-25-18/h2,4,6,8-10,12,18H,3,5,7,11,13H2,1H3/b22-16+. The van der Waals surface area contributed by atoms with Crippen LogP contribution in [0.2, 0.25) is 0 Å². The number of oxime groups is 1. The van der Waals surface area contributed by atoms with Crippen molar-refractivity contribution in [3.05, 3.63) is 54.0 Å². The lowest BCUT2D eigenvalue weighted by molar-refractivity contribution is -0.162. The van der Waals surface area contributed by atoms with Gasteiger partial charge in [-0.1, -0.05) is 11.2 Å². The average Bonchev–Trinajstić information content (AvgIpc) is 2.74. The maximum absolute atomic E-state index is 11.8. The summed E-state index contributed by atoms with van der Waals surface area (Å²) in [7, 11) is 1.32. The number of carbonyl (C=O) groups is 1. The molecule has 0 amide bonds. The van der Waals surface area contributed by atoms with E-state index in [0.717, 1.165) is 19.3 Å². The molecule has 0 spiro atoms. The maximum Gasteiger partial charge on any atom is 0.337 e. The molecular formula is C19H21N3O5. The summed E-state index contributed by atoms with van der Waals surface area (Å²) in [6, 6.07) is 8.50. The third kappa shape index (κ3) is 5.49. The minimum absolute atomic E-state index is 0.0708. The van der Waals surface area contributed by atoms with Crippen molar-refractivity contribution in [2.45, 2.75) is 25.6 Å². The van der Waals surface area contributed by atoms with Crippen molar-refractivity contribution in [2.75, 3.05) is 20.3 Å². The van der Waals surface area contributed by atoms with Gasteiger partial charge in [0.25, 0.3) is 0 Å². The molecule has 1 aliphatic heterocycles. The Morgan fingerprint density at radius 3 is 2.93 bits per heavy atom. The van der Waals surface area contributed by atoms with E-state index in [9.17, 15) is 4.79 Å². The molecule has 1 fully saturated rings. The van der Waals surface area contributed by atoms with Gasteiger partial charge in [-0.15, -0.1) is 0 Å². The molecule has 0 N–H and O–H groups in total. The van der Waals surface area contributed by atoms with E-state index in [4.69, 9.17) is 19.0 Å². The molecule has 0 saturated carbocycles.